The van der Waals surface area contributed by atoms with Crippen molar-refractivity contribution >= 4 is 5.78 Å². The van der Waals surface area contributed by atoms with Gasteiger partial charge in [-0.1, -0.05) is 79.7 Å². The van der Waals surface area contributed by atoms with Crippen LogP contribution in [0.5, 0.6) is 5.75 Å². The van der Waals surface area contributed by atoms with E-state index in [1.807, 2.05) is 48.5 Å². The third-order valence-corrected chi connectivity index (χ3v) is 6.77. The lowest BCUT2D eigenvalue weighted by Gasteiger charge is -2.32. The summed E-state index contributed by atoms with van der Waals surface area (Å²) in [5, 5.41) is 0. The molecule has 0 aliphatic heterocycles. The highest BCUT2D eigenvalue weighted by molar-refractivity contribution is 5.97. The molecule has 0 aromatic heterocycles. The van der Waals surface area contributed by atoms with Crippen LogP contribution < -0.4 is 4.74 Å². The van der Waals surface area contributed by atoms with Crippen LogP contribution in [0.15, 0.2) is 78.9 Å². The van der Waals surface area contributed by atoms with Gasteiger partial charge in [-0.3, -0.25) is 9.69 Å². The van der Waals surface area contributed by atoms with Gasteiger partial charge in [0, 0.05) is 36.0 Å². The molecule has 0 heterocycles. The summed E-state index contributed by atoms with van der Waals surface area (Å²) in [6, 6.07) is 27.2. The van der Waals surface area contributed by atoms with Crippen molar-refractivity contribution in [1.82, 2.24) is 4.90 Å². The van der Waals surface area contributed by atoms with Gasteiger partial charge in [0.1, 0.15) is 12.4 Å². The van der Waals surface area contributed by atoms with Gasteiger partial charge in [-0.2, -0.15) is 0 Å². The van der Waals surface area contributed by atoms with E-state index in [4.69, 9.17) is 4.74 Å². The van der Waals surface area contributed by atoms with E-state index in [-0.39, 0.29) is 5.78 Å². The number of aryl methyl sites for hydroxylation is 1. The molecular formula is C31H39NO2. The van der Waals surface area contributed by atoms with Crippen LogP contribution in [0.25, 0.3) is 0 Å². The largest absolute Gasteiger partial charge is 0.492 e. The number of carbonyl (C=O) groups excluding carboxylic acids is 1. The van der Waals surface area contributed by atoms with Crippen molar-refractivity contribution in [2.24, 2.45) is 0 Å². The average Bonchev–Trinajstić information content (AvgIpc) is 2.83. The number of Topliss-reactive ketones (excluding diaryl/α,β-unsaturated/α-hetero) is 1. The lowest BCUT2D eigenvalue weighted by atomic mass is 9.72. The fourth-order valence-electron chi connectivity index (χ4n) is 4.75. The molecule has 0 saturated heterocycles. The van der Waals surface area contributed by atoms with E-state index in [0.29, 0.717) is 25.1 Å². The summed E-state index contributed by atoms with van der Waals surface area (Å²) in [6.07, 6.45) is 0.401. The molecule has 3 aromatic carbocycles. The first kappa shape index (κ1) is 25.7. The fraction of sp³-hybridized carbons (Fsp3) is 0.387. The second-order valence-electron chi connectivity index (χ2n) is 9.92. The predicted octanol–water partition coefficient (Wildman–Crippen LogP) is 7.07. The number of rotatable bonds is 11. The highest BCUT2D eigenvalue weighted by Crippen LogP contribution is 2.38. The Bertz CT molecular complexity index is 1050. The van der Waals surface area contributed by atoms with Crippen molar-refractivity contribution in [1.29, 1.82) is 0 Å². The molecule has 0 bridgehead atoms. The summed E-state index contributed by atoms with van der Waals surface area (Å²) >= 11 is 0. The molecule has 0 radical (unpaired) electrons. The second kappa shape index (κ2) is 11.5. The maximum Gasteiger partial charge on any atom is 0.164 e. The minimum absolute atomic E-state index is 0.146. The van der Waals surface area contributed by atoms with Crippen LogP contribution in [0, 0.1) is 6.92 Å². The highest BCUT2D eigenvalue weighted by Gasteiger charge is 2.32. The molecule has 0 aliphatic carbocycles. The van der Waals surface area contributed by atoms with Gasteiger partial charge in [-0.15, -0.1) is 0 Å². The van der Waals surface area contributed by atoms with Crippen molar-refractivity contribution in [3.05, 3.63) is 101 Å². The Morgan fingerprint density at radius 3 is 2.00 bits per heavy atom. The van der Waals surface area contributed by atoms with Crippen LogP contribution in [0.2, 0.25) is 0 Å². The molecule has 180 valence electrons. The first-order valence-corrected chi connectivity index (χ1v) is 12.4. The van der Waals surface area contributed by atoms with Crippen LogP contribution in [-0.4, -0.2) is 35.9 Å². The smallest absolute Gasteiger partial charge is 0.164 e. The molecule has 0 spiro atoms. The van der Waals surface area contributed by atoms with E-state index >= 15 is 0 Å². The van der Waals surface area contributed by atoms with Gasteiger partial charge in [-0.25, -0.2) is 0 Å². The predicted molar refractivity (Wildman–Crippen MR) is 142 cm³/mol. The Kier molecular flexibility index (Phi) is 8.68. The standard InChI is InChI=1S/C31H39NO2/c1-23(2)32(24(3)4)19-20-34-30-18-17-28(21-25(30)5)31(6,27-15-11-8-12-16-27)22-29(33)26-13-9-7-10-14-26/h7-18,21,23-24H,19-20,22H2,1-6H3. The van der Waals surface area contributed by atoms with Gasteiger partial charge >= 0.3 is 0 Å². The molecule has 0 N–H and O–H groups in total. The molecule has 34 heavy (non-hydrogen) atoms. The quantitative estimate of drug-likeness (QED) is 0.288. The van der Waals surface area contributed by atoms with E-state index in [1.54, 1.807) is 0 Å². The third-order valence-electron chi connectivity index (χ3n) is 6.77. The van der Waals surface area contributed by atoms with Crippen molar-refractivity contribution in [3.8, 4) is 5.75 Å². The molecule has 1 atom stereocenters. The minimum atomic E-state index is -0.441. The van der Waals surface area contributed by atoms with Crippen molar-refractivity contribution in [2.45, 2.75) is 65.5 Å². The van der Waals surface area contributed by atoms with Crippen LogP contribution in [-0.2, 0) is 5.41 Å². The number of carbonyl (C=O) groups is 1. The van der Waals surface area contributed by atoms with Crippen molar-refractivity contribution in [2.75, 3.05) is 13.2 Å². The van der Waals surface area contributed by atoms with Crippen LogP contribution in [0.4, 0.5) is 0 Å². The number of nitrogens with zero attached hydrogens (tertiary/aromatic N) is 1. The summed E-state index contributed by atoms with van der Waals surface area (Å²) in [6.45, 7) is 14.7. The number of hydrogen-bond donors (Lipinski definition) is 0. The normalized spacial score (nSPS) is 13.3. The molecule has 0 aliphatic rings. The summed E-state index contributed by atoms with van der Waals surface area (Å²) < 4.78 is 6.18. The molecule has 3 heteroatoms. The molecule has 1 unspecified atom stereocenters. The third kappa shape index (κ3) is 6.15. The van der Waals surface area contributed by atoms with Gasteiger partial charge < -0.3 is 4.74 Å². The number of benzene rings is 3. The SMILES string of the molecule is Cc1cc(C(C)(CC(=O)c2ccccc2)c2ccccc2)ccc1OCCN(C(C)C)C(C)C. The Hall–Kier alpha value is -2.91. The lowest BCUT2D eigenvalue weighted by molar-refractivity contribution is 0.0962. The Morgan fingerprint density at radius 1 is 0.853 bits per heavy atom. The average molecular weight is 458 g/mol. The first-order valence-electron chi connectivity index (χ1n) is 12.4. The van der Waals surface area contributed by atoms with Crippen molar-refractivity contribution in [3.63, 3.8) is 0 Å². The number of hydrogen-bond acceptors (Lipinski definition) is 3. The summed E-state index contributed by atoms with van der Waals surface area (Å²) in [5.41, 5.74) is 3.66. The molecule has 3 aromatic rings. The summed E-state index contributed by atoms with van der Waals surface area (Å²) in [4.78, 5) is 15.7. The zero-order chi connectivity index (χ0) is 24.7. The highest BCUT2D eigenvalue weighted by atomic mass is 16.5. The molecule has 0 fully saturated rings. The molecule has 3 nitrogen and oxygen atoms in total. The van der Waals surface area contributed by atoms with Gasteiger partial charge in [0.15, 0.2) is 5.78 Å². The van der Waals surface area contributed by atoms with Gasteiger partial charge in [0.05, 0.1) is 0 Å². The Labute approximate surface area is 205 Å². The summed E-state index contributed by atoms with van der Waals surface area (Å²) in [7, 11) is 0. The zero-order valence-corrected chi connectivity index (χ0v) is 21.5. The van der Waals surface area contributed by atoms with Gasteiger partial charge in [0.25, 0.3) is 0 Å². The van der Waals surface area contributed by atoms with E-state index < -0.39 is 5.41 Å². The maximum atomic E-state index is 13.2. The first-order chi connectivity index (χ1) is 16.2. The Morgan fingerprint density at radius 2 is 1.44 bits per heavy atom. The molecule has 0 amide bonds. The number of ether oxygens (including phenoxy) is 1. The van der Waals surface area contributed by atoms with Crippen LogP contribution in [0.3, 0.4) is 0 Å². The minimum Gasteiger partial charge on any atom is -0.492 e. The second-order valence-corrected chi connectivity index (χ2v) is 9.92. The topological polar surface area (TPSA) is 29.5 Å². The number of ketones is 1. The van der Waals surface area contributed by atoms with Gasteiger partial charge in [-0.05, 0) is 57.4 Å². The molecule has 0 saturated carbocycles. The lowest BCUT2D eigenvalue weighted by Crippen LogP contribution is -2.39. The van der Waals surface area contributed by atoms with E-state index in [1.165, 1.54) is 0 Å². The van der Waals surface area contributed by atoms with E-state index in [0.717, 1.165) is 34.5 Å². The van der Waals surface area contributed by atoms with E-state index in [9.17, 15) is 4.79 Å². The zero-order valence-electron chi connectivity index (χ0n) is 21.5. The fourth-order valence-corrected chi connectivity index (χ4v) is 4.75. The monoisotopic (exact) mass is 457 g/mol. The molecule has 3 rings (SSSR count). The molecular weight excluding hydrogens is 418 g/mol. The van der Waals surface area contributed by atoms with Crippen molar-refractivity contribution < 1.29 is 9.53 Å². The maximum absolute atomic E-state index is 13.2. The van der Waals surface area contributed by atoms with E-state index in [2.05, 4.69) is 76.8 Å². The van der Waals surface area contributed by atoms with Crippen LogP contribution >= 0.6 is 0 Å². The Balaban J connectivity index is 1.84. The van der Waals surface area contributed by atoms with Gasteiger partial charge in [0.2, 0.25) is 0 Å². The van der Waals surface area contributed by atoms with Crippen LogP contribution in [0.1, 0.15) is 68.1 Å². The summed E-state index contributed by atoms with van der Waals surface area (Å²) in [5.74, 6) is 1.05.